The van der Waals surface area contributed by atoms with Crippen molar-refractivity contribution >= 4 is 22.8 Å². The van der Waals surface area contributed by atoms with Gasteiger partial charge in [-0.25, -0.2) is 0 Å². The molecule has 0 N–H and O–H groups in total. The van der Waals surface area contributed by atoms with Gasteiger partial charge in [0.2, 0.25) is 5.24 Å². The van der Waals surface area contributed by atoms with Crippen LogP contribution in [0, 0.1) is 5.41 Å². The summed E-state index contributed by atoms with van der Waals surface area (Å²) in [6.45, 7) is 4.85. The van der Waals surface area contributed by atoms with Gasteiger partial charge in [-0.1, -0.05) is 25.1 Å². The molecule has 0 heterocycles. The van der Waals surface area contributed by atoms with Crippen LogP contribution in [-0.4, -0.2) is 11.2 Å². The Bertz CT molecular complexity index is 438. The second kappa shape index (κ2) is 5.32. The maximum Gasteiger partial charge on any atom is 0.325 e. The number of para-hydroxylation sites is 1. The van der Waals surface area contributed by atoms with E-state index in [9.17, 15) is 9.59 Å². The van der Waals surface area contributed by atoms with Crippen molar-refractivity contribution in [3.63, 3.8) is 0 Å². The summed E-state index contributed by atoms with van der Waals surface area (Å²) in [5.41, 5.74) is -0.416. The summed E-state index contributed by atoms with van der Waals surface area (Å²) in [4.78, 5) is 22.9. The molecular weight excluding hydrogens is 240 g/mol. The summed E-state index contributed by atoms with van der Waals surface area (Å²) < 4.78 is 5.22. The van der Waals surface area contributed by atoms with E-state index in [-0.39, 0.29) is 0 Å². The molecule has 1 rings (SSSR count). The fourth-order valence-corrected chi connectivity index (χ4v) is 1.28. The van der Waals surface area contributed by atoms with Gasteiger partial charge in [0.15, 0.2) is 0 Å². The van der Waals surface area contributed by atoms with Gasteiger partial charge in [-0.05, 0) is 43.5 Å². The van der Waals surface area contributed by atoms with Gasteiger partial charge in [0, 0.05) is 0 Å². The van der Waals surface area contributed by atoms with Crippen molar-refractivity contribution in [2.75, 3.05) is 0 Å². The van der Waals surface area contributed by atoms with E-state index >= 15 is 0 Å². The van der Waals surface area contributed by atoms with Gasteiger partial charge >= 0.3 is 5.97 Å². The van der Waals surface area contributed by atoms with E-state index in [4.69, 9.17) is 16.3 Å². The molecule has 0 aliphatic carbocycles. The lowest BCUT2D eigenvalue weighted by atomic mass is 9.96. The molecule has 0 fully saturated rings. The third kappa shape index (κ3) is 3.07. The minimum absolute atomic E-state index is 0.478. The Hall–Kier alpha value is -1.35. The third-order valence-electron chi connectivity index (χ3n) is 2.56. The maximum absolute atomic E-state index is 11.8. The maximum atomic E-state index is 11.8. The van der Waals surface area contributed by atoms with E-state index in [1.54, 1.807) is 12.1 Å². The van der Waals surface area contributed by atoms with E-state index in [2.05, 4.69) is 0 Å². The van der Waals surface area contributed by atoms with Crippen molar-refractivity contribution in [3.05, 3.63) is 29.8 Å². The second-order valence-corrected chi connectivity index (χ2v) is 4.59. The highest BCUT2D eigenvalue weighted by Gasteiger charge is 2.37. The van der Waals surface area contributed by atoms with Gasteiger partial charge in [-0.15, -0.1) is 0 Å². The Balaban J connectivity index is 2.92. The number of carbonyl (C=O) groups excluding carboxylic acids is 2. The zero-order valence-electron chi connectivity index (χ0n) is 10.1. The van der Waals surface area contributed by atoms with Crippen molar-refractivity contribution in [2.45, 2.75) is 27.2 Å². The van der Waals surface area contributed by atoms with Crippen molar-refractivity contribution in [2.24, 2.45) is 5.41 Å². The van der Waals surface area contributed by atoms with Crippen molar-refractivity contribution < 1.29 is 14.3 Å². The quantitative estimate of drug-likeness (QED) is 0.359. The Labute approximate surface area is 106 Å². The number of esters is 1. The molecule has 0 saturated heterocycles. The van der Waals surface area contributed by atoms with Crippen LogP contribution in [0.15, 0.2) is 24.3 Å². The van der Waals surface area contributed by atoms with Gasteiger partial charge in [0.1, 0.15) is 11.2 Å². The van der Waals surface area contributed by atoms with Crippen LogP contribution in [0.2, 0.25) is 0 Å². The molecule has 1 aromatic rings. The van der Waals surface area contributed by atoms with Crippen LogP contribution in [-0.2, 0) is 16.0 Å². The zero-order valence-corrected chi connectivity index (χ0v) is 10.9. The van der Waals surface area contributed by atoms with Crippen LogP contribution >= 0.6 is 11.6 Å². The van der Waals surface area contributed by atoms with Crippen LogP contribution < -0.4 is 4.74 Å². The number of rotatable bonds is 4. The predicted octanol–water partition coefficient (Wildman–Crippen LogP) is 2.95. The first-order chi connectivity index (χ1) is 7.89. The van der Waals surface area contributed by atoms with E-state index in [1.807, 2.05) is 19.1 Å². The first-order valence-corrected chi connectivity index (χ1v) is 5.77. The average Bonchev–Trinajstić information content (AvgIpc) is 2.29. The van der Waals surface area contributed by atoms with Gasteiger partial charge in [0.25, 0.3) is 0 Å². The van der Waals surface area contributed by atoms with E-state index in [0.717, 1.165) is 12.0 Å². The molecule has 0 atom stereocenters. The number of ether oxygens (including phenoxy) is 1. The first kappa shape index (κ1) is 13.7. The molecule has 0 unspecified atom stereocenters. The van der Waals surface area contributed by atoms with E-state index < -0.39 is 16.6 Å². The molecule has 0 spiro atoms. The topological polar surface area (TPSA) is 43.4 Å². The van der Waals surface area contributed by atoms with Crippen molar-refractivity contribution in [3.8, 4) is 5.75 Å². The van der Waals surface area contributed by atoms with Gasteiger partial charge in [-0.3, -0.25) is 9.59 Å². The molecule has 0 amide bonds. The number of halogens is 1. The Morgan fingerprint density at radius 3 is 2.41 bits per heavy atom. The predicted molar refractivity (Wildman–Crippen MR) is 66.1 cm³/mol. The molecule has 3 nitrogen and oxygen atoms in total. The van der Waals surface area contributed by atoms with Gasteiger partial charge < -0.3 is 4.74 Å². The van der Waals surface area contributed by atoms with Gasteiger partial charge in [-0.2, -0.15) is 0 Å². The molecule has 92 valence electrons. The third-order valence-corrected chi connectivity index (χ3v) is 3.03. The molecule has 0 radical (unpaired) electrons. The average molecular weight is 255 g/mol. The van der Waals surface area contributed by atoms with E-state index in [1.165, 1.54) is 13.8 Å². The molecule has 0 bridgehead atoms. The number of hydrogen-bond acceptors (Lipinski definition) is 3. The van der Waals surface area contributed by atoms with Crippen molar-refractivity contribution in [1.29, 1.82) is 0 Å². The number of benzene rings is 1. The molecule has 0 saturated carbocycles. The first-order valence-electron chi connectivity index (χ1n) is 5.39. The Kier molecular flexibility index (Phi) is 4.29. The summed E-state index contributed by atoms with van der Waals surface area (Å²) >= 11 is 5.36. The number of carbonyl (C=O) groups is 2. The zero-order chi connectivity index (χ0) is 13.1. The van der Waals surface area contributed by atoms with Gasteiger partial charge in [0.05, 0.1) is 0 Å². The fraction of sp³-hybridized carbons (Fsp3) is 0.385. The van der Waals surface area contributed by atoms with Crippen LogP contribution in [0.4, 0.5) is 0 Å². The highest BCUT2D eigenvalue weighted by atomic mass is 35.5. The van der Waals surface area contributed by atoms with Crippen LogP contribution in [0.5, 0.6) is 5.75 Å². The smallest absolute Gasteiger partial charge is 0.325 e. The SMILES string of the molecule is CCc1ccccc1OC(=O)C(C)(C)C(=O)Cl. The second-order valence-electron chi connectivity index (χ2n) is 4.25. The molecule has 17 heavy (non-hydrogen) atoms. The largest absolute Gasteiger partial charge is 0.425 e. The molecule has 1 aromatic carbocycles. The standard InChI is InChI=1S/C13H15ClO3/c1-4-9-7-5-6-8-10(9)17-12(16)13(2,3)11(14)15/h5-8H,4H2,1-3H3. The minimum Gasteiger partial charge on any atom is -0.425 e. The summed E-state index contributed by atoms with van der Waals surface area (Å²) in [7, 11) is 0. The lowest BCUT2D eigenvalue weighted by Crippen LogP contribution is -2.34. The highest BCUT2D eigenvalue weighted by molar-refractivity contribution is 6.66. The molecule has 4 heteroatoms. The summed E-state index contributed by atoms with van der Waals surface area (Å²) in [6.07, 6.45) is 0.749. The Morgan fingerprint density at radius 2 is 1.88 bits per heavy atom. The van der Waals surface area contributed by atoms with Crippen LogP contribution in [0.3, 0.4) is 0 Å². The summed E-state index contributed by atoms with van der Waals surface area (Å²) in [6, 6.07) is 7.22. The summed E-state index contributed by atoms with van der Waals surface area (Å²) in [5.74, 6) is -0.163. The lowest BCUT2D eigenvalue weighted by molar-refractivity contribution is -0.147. The monoisotopic (exact) mass is 254 g/mol. The number of aryl methyl sites for hydroxylation is 1. The summed E-state index contributed by atoms with van der Waals surface area (Å²) in [5, 5.41) is -0.725. The lowest BCUT2D eigenvalue weighted by Gasteiger charge is -2.18. The van der Waals surface area contributed by atoms with Crippen LogP contribution in [0.25, 0.3) is 0 Å². The molecule has 0 aromatic heterocycles. The van der Waals surface area contributed by atoms with Crippen molar-refractivity contribution in [1.82, 2.24) is 0 Å². The Morgan fingerprint density at radius 1 is 1.29 bits per heavy atom. The highest BCUT2D eigenvalue weighted by Crippen LogP contribution is 2.25. The molecular formula is C13H15ClO3. The van der Waals surface area contributed by atoms with E-state index in [0.29, 0.717) is 5.75 Å². The molecule has 0 aliphatic rings. The minimum atomic E-state index is -1.33. The van der Waals surface area contributed by atoms with Crippen LogP contribution in [0.1, 0.15) is 26.3 Å². The number of hydrogen-bond donors (Lipinski definition) is 0. The normalized spacial score (nSPS) is 11.1. The fourth-order valence-electron chi connectivity index (χ4n) is 1.20. The molecule has 0 aliphatic heterocycles.